The van der Waals surface area contributed by atoms with Crippen LogP contribution in [0.1, 0.15) is 10.4 Å². The first kappa shape index (κ1) is 20.3. The normalized spacial score (nSPS) is 13.3. The Morgan fingerprint density at radius 1 is 1.03 bits per heavy atom. The number of nitrogens with one attached hydrogen (secondary N) is 1. The summed E-state index contributed by atoms with van der Waals surface area (Å²) in [7, 11) is 2.71. The van der Waals surface area contributed by atoms with Crippen molar-refractivity contribution in [1.29, 1.82) is 0 Å². The van der Waals surface area contributed by atoms with Crippen molar-refractivity contribution < 1.29 is 29.0 Å². The number of likely N-dealkylation sites (N-methyl/N-ethyl adjacent to an activating group) is 2. The van der Waals surface area contributed by atoms with Gasteiger partial charge in [0.25, 0.3) is 5.91 Å². The number of fused-ring (bicyclic) bond motifs is 1. The summed E-state index contributed by atoms with van der Waals surface area (Å²) < 4.78 is 11.1. The van der Waals surface area contributed by atoms with Crippen molar-refractivity contribution in [1.82, 2.24) is 10.2 Å². The summed E-state index contributed by atoms with van der Waals surface area (Å²) >= 11 is 0. The number of Topliss-reactive ketones (excluding diaryl/α,β-unsaturated/α-hetero) is 1. The fourth-order valence-corrected chi connectivity index (χ4v) is 3.11. The fourth-order valence-electron chi connectivity index (χ4n) is 3.11. The molecule has 0 aromatic heterocycles. The van der Waals surface area contributed by atoms with Crippen LogP contribution in [0, 0.1) is 0 Å². The summed E-state index contributed by atoms with van der Waals surface area (Å²) in [6.07, 6.45) is 0. The van der Waals surface area contributed by atoms with Gasteiger partial charge in [-0.1, -0.05) is 18.2 Å². The Morgan fingerprint density at radius 3 is 2.28 bits per heavy atom. The minimum atomic E-state index is -1.39. The molecule has 1 unspecified atom stereocenters. The molecular formula is C21H22N2O6. The van der Waals surface area contributed by atoms with Crippen molar-refractivity contribution in [2.24, 2.45) is 0 Å². The Balaban J connectivity index is 1.81. The molecule has 8 heteroatoms. The standard InChI is InChI=1S/C21H22N2O6/c1-22-20(26)19(16(25)12-24)23(2)21(27)14-5-3-13(4-6-14)15-7-8-17-18(11-15)29-10-9-28-17/h3-8,11,19,24H,9-10,12H2,1-2H3,(H,22,26). The van der Waals surface area contributed by atoms with Crippen molar-refractivity contribution >= 4 is 17.6 Å². The van der Waals surface area contributed by atoms with Gasteiger partial charge in [-0.05, 0) is 35.4 Å². The average Bonchev–Trinajstić information content (AvgIpc) is 2.78. The van der Waals surface area contributed by atoms with E-state index < -0.39 is 30.2 Å². The second-order valence-corrected chi connectivity index (χ2v) is 6.49. The van der Waals surface area contributed by atoms with Crippen LogP contribution in [0.5, 0.6) is 11.5 Å². The SMILES string of the molecule is CNC(=O)C(C(=O)CO)N(C)C(=O)c1ccc(-c2ccc3c(c2)OCCO3)cc1. The van der Waals surface area contributed by atoms with Crippen LogP contribution in [0.2, 0.25) is 0 Å². The highest BCUT2D eigenvalue weighted by atomic mass is 16.6. The zero-order valence-corrected chi connectivity index (χ0v) is 16.2. The quantitative estimate of drug-likeness (QED) is 0.700. The Kier molecular flexibility index (Phi) is 6.13. The molecule has 1 aliphatic heterocycles. The van der Waals surface area contributed by atoms with E-state index in [1.807, 2.05) is 18.2 Å². The number of amides is 2. The minimum Gasteiger partial charge on any atom is -0.486 e. The van der Waals surface area contributed by atoms with Gasteiger partial charge in [0.2, 0.25) is 5.91 Å². The van der Waals surface area contributed by atoms with Crippen molar-refractivity contribution in [2.45, 2.75) is 6.04 Å². The van der Waals surface area contributed by atoms with Crippen LogP contribution in [-0.2, 0) is 9.59 Å². The molecule has 0 saturated carbocycles. The summed E-state index contributed by atoms with van der Waals surface area (Å²) in [5, 5.41) is 11.4. The maximum Gasteiger partial charge on any atom is 0.254 e. The molecule has 0 fully saturated rings. The van der Waals surface area contributed by atoms with Gasteiger partial charge in [0.15, 0.2) is 23.3 Å². The molecule has 29 heavy (non-hydrogen) atoms. The number of benzene rings is 2. The zero-order valence-electron chi connectivity index (χ0n) is 16.2. The number of nitrogens with zero attached hydrogens (tertiary/aromatic N) is 1. The average molecular weight is 398 g/mol. The highest BCUT2D eigenvalue weighted by Gasteiger charge is 2.32. The predicted octanol–water partition coefficient (Wildman–Crippen LogP) is 0.873. The molecule has 2 amide bonds. The van der Waals surface area contributed by atoms with Gasteiger partial charge in [-0.25, -0.2) is 0 Å². The molecule has 152 valence electrons. The Hall–Kier alpha value is -3.39. The molecule has 0 saturated heterocycles. The molecule has 1 aliphatic rings. The van der Waals surface area contributed by atoms with Crippen LogP contribution in [0.4, 0.5) is 0 Å². The Labute approximate surface area is 168 Å². The molecule has 0 spiro atoms. The molecular weight excluding hydrogens is 376 g/mol. The number of ketones is 1. The molecule has 1 atom stereocenters. The van der Waals surface area contributed by atoms with Crippen LogP contribution < -0.4 is 14.8 Å². The smallest absolute Gasteiger partial charge is 0.254 e. The van der Waals surface area contributed by atoms with Gasteiger partial charge in [0.1, 0.15) is 19.8 Å². The Morgan fingerprint density at radius 2 is 1.66 bits per heavy atom. The zero-order chi connectivity index (χ0) is 21.0. The van der Waals surface area contributed by atoms with E-state index in [0.29, 0.717) is 30.3 Å². The van der Waals surface area contributed by atoms with Gasteiger partial charge < -0.3 is 24.8 Å². The molecule has 8 nitrogen and oxygen atoms in total. The molecule has 1 heterocycles. The summed E-state index contributed by atoms with van der Waals surface area (Å²) in [4.78, 5) is 37.7. The van der Waals surface area contributed by atoms with E-state index >= 15 is 0 Å². The topological polar surface area (TPSA) is 105 Å². The van der Waals surface area contributed by atoms with E-state index in [-0.39, 0.29) is 0 Å². The maximum atomic E-state index is 12.7. The van der Waals surface area contributed by atoms with Gasteiger partial charge >= 0.3 is 0 Å². The third kappa shape index (κ3) is 4.22. The number of ether oxygens (including phenoxy) is 2. The lowest BCUT2D eigenvalue weighted by Crippen LogP contribution is -2.52. The predicted molar refractivity (Wildman–Crippen MR) is 105 cm³/mol. The number of rotatable bonds is 6. The van der Waals surface area contributed by atoms with E-state index in [4.69, 9.17) is 14.6 Å². The van der Waals surface area contributed by atoms with Crippen molar-refractivity contribution in [3.63, 3.8) is 0 Å². The lowest BCUT2D eigenvalue weighted by atomic mass is 10.0. The van der Waals surface area contributed by atoms with Gasteiger partial charge in [-0.15, -0.1) is 0 Å². The second-order valence-electron chi connectivity index (χ2n) is 6.49. The number of hydrogen-bond donors (Lipinski definition) is 2. The lowest BCUT2D eigenvalue weighted by molar-refractivity contribution is -0.135. The van der Waals surface area contributed by atoms with Gasteiger partial charge in [-0.3, -0.25) is 14.4 Å². The monoisotopic (exact) mass is 398 g/mol. The van der Waals surface area contributed by atoms with Gasteiger partial charge in [0, 0.05) is 19.7 Å². The van der Waals surface area contributed by atoms with E-state index in [9.17, 15) is 14.4 Å². The van der Waals surface area contributed by atoms with Crippen LogP contribution >= 0.6 is 0 Å². The molecule has 2 aromatic carbocycles. The lowest BCUT2D eigenvalue weighted by Gasteiger charge is -2.25. The first-order valence-corrected chi connectivity index (χ1v) is 9.08. The fraction of sp³-hybridized carbons (Fsp3) is 0.286. The number of hydrogen-bond acceptors (Lipinski definition) is 6. The van der Waals surface area contributed by atoms with Crippen molar-refractivity contribution in [3.8, 4) is 22.6 Å². The van der Waals surface area contributed by atoms with Crippen molar-refractivity contribution in [2.75, 3.05) is 33.9 Å². The van der Waals surface area contributed by atoms with Crippen LogP contribution in [0.25, 0.3) is 11.1 Å². The molecule has 2 N–H and O–H groups in total. The van der Waals surface area contributed by atoms with E-state index in [2.05, 4.69) is 5.32 Å². The van der Waals surface area contributed by atoms with Crippen LogP contribution in [-0.4, -0.2) is 67.6 Å². The number of aliphatic hydroxyl groups excluding tert-OH is 1. The van der Waals surface area contributed by atoms with E-state index in [1.165, 1.54) is 14.1 Å². The second kappa shape index (κ2) is 8.74. The van der Waals surface area contributed by atoms with Gasteiger partial charge in [-0.2, -0.15) is 0 Å². The highest BCUT2D eigenvalue weighted by Crippen LogP contribution is 2.34. The van der Waals surface area contributed by atoms with E-state index in [0.717, 1.165) is 16.0 Å². The van der Waals surface area contributed by atoms with E-state index in [1.54, 1.807) is 24.3 Å². The summed E-state index contributed by atoms with van der Waals surface area (Å²) in [5.41, 5.74) is 2.09. The molecule has 3 rings (SSSR count). The van der Waals surface area contributed by atoms with Gasteiger partial charge in [0.05, 0.1) is 0 Å². The first-order valence-electron chi connectivity index (χ1n) is 9.08. The Bertz CT molecular complexity index is 909. The molecule has 0 aliphatic carbocycles. The summed E-state index contributed by atoms with van der Waals surface area (Å²) in [6, 6.07) is 11.0. The maximum absolute atomic E-state index is 12.7. The first-order chi connectivity index (χ1) is 14.0. The van der Waals surface area contributed by atoms with Crippen LogP contribution in [0.3, 0.4) is 0 Å². The van der Waals surface area contributed by atoms with Crippen molar-refractivity contribution in [3.05, 3.63) is 48.0 Å². The molecule has 2 aromatic rings. The van der Waals surface area contributed by atoms with Crippen LogP contribution in [0.15, 0.2) is 42.5 Å². The summed E-state index contributed by atoms with van der Waals surface area (Å²) in [6.45, 7) is 0.181. The number of carbonyl (C=O) groups excluding carboxylic acids is 3. The number of aliphatic hydroxyl groups is 1. The highest BCUT2D eigenvalue weighted by molar-refractivity contribution is 6.10. The molecule has 0 bridgehead atoms. The minimum absolute atomic E-state index is 0.313. The summed E-state index contributed by atoms with van der Waals surface area (Å²) in [5.74, 6) is -0.554. The molecule has 0 radical (unpaired) electrons. The largest absolute Gasteiger partial charge is 0.486 e. The third-order valence-corrected chi connectivity index (χ3v) is 4.67. The number of carbonyl (C=O) groups is 3. The third-order valence-electron chi connectivity index (χ3n) is 4.67.